The van der Waals surface area contributed by atoms with Gasteiger partial charge in [-0.3, -0.25) is 9.69 Å². The van der Waals surface area contributed by atoms with Crippen LogP contribution in [0.4, 0.5) is 11.4 Å². The molecule has 4 rings (SSSR count). The van der Waals surface area contributed by atoms with Crippen molar-refractivity contribution in [3.05, 3.63) is 113 Å². The van der Waals surface area contributed by atoms with Crippen molar-refractivity contribution in [2.45, 2.75) is 0 Å². The molecule has 154 valence electrons. The van der Waals surface area contributed by atoms with E-state index in [1.165, 1.54) is 0 Å². The molecule has 1 amide bonds. The average molecular weight is 448 g/mol. The second-order valence-corrected chi connectivity index (χ2v) is 7.67. The van der Waals surface area contributed by atoms with Crippen LogP contribution in [0.2, 0.25) is 10.0 Å². The number of carbonyl (C=O) groups is 1. The highest BCUT2D eigenvalue weighted by Crippen LogP contribution is 2.39. The first kappa shape index (κ1) is 21.0. The van der Waals surface area contributed by atoms with Gasteiger partial charge in [-0.15, -0.1) is 0 Å². The van der Waals surface area contributed by atoms with Crippen molar-refractivity contribution in [3.63, 3.8) is 0 Å². The number of para-hydroxylation sites is 1. The Labute approximate surface area is 191 Å². The van der Waals surface area contributed by atoms with Crippen molar-refractivity contribution in [1.82, 2.24) is 0 Å². The minimum atomic E-state index is -0.245. The van der Waals surface area contributed by atoms with E-state index >= 15 is 0 Å². The molecular weight excluding hydrogens is 429 g/mol. The molecule has 0 bridgehead atoms. The normalized spacial score (nSPS) is 10.5. The molecule has 4 aromatic rings. The lowest BCUT2D eigenvalue weighted by Crippen LogP contribution is -2.26. The minimum absolute atomic E-state index is 0.245. The molecule has 5 heteroatoms. The van der Waals surface area contributed by atoms with E-state index in [2.05, 4.69) is 0 Å². The fourth-order valence-corrected chi connectivity index (χ4v) is 3.91. The first-order chi connectivity index (χ1) is 15.1. The SMILES string of the molecule is COc1ccc(C(=O)N(c2ccc(-c3ccccc3)cc2)c2c(Cl)cccc2Cl)cc1. The highest BCUT2D eigenvalue weighted by atomic mass is 35.5. The molecule has 0 saturated carbocycles. The third-order valence-electron chi connectivity index (χ3n) is 4.93. The fourth-order valence-electron chi connectivity index (χ4n) is 3.35. The topological polar surface area (TPSA) is 29.5 Å². The lowest BCUT2D eigenvalue weighted by atomic mass is 10.0. The van der Waals surface area contributed by atoms with Crippen molar-refractivity contribution >= 4 is 40.5 Å². The number of benzene rings is 4. The summed E-state index contributed by atoms with van der Waals surface area (Å²) in [7, 11) is 1.58. The number of halogens is 2. The van der Waals surface area contributed by atoms with E-state index in [0.717, 1.165) is 11.1 Å². The number of amides is 1. The van der Waals surface area contributed by atoms with Crippen LogP contribution in [0, 0.1) is 0 Å². The summed E-state index contributed by atoms with van der Waals surface area (Å²) in [5, 5.41) is 0.781. The summed E-state index contributed by atoms with van der Waals surface area (Å²) in [6.45, 7) is 0. The number of rotatable bonds is 5. The second kappa shape index (κ2) is 9.25. The van der Waals surface area contributed by atoms with E-state index in [0.29, 0.717) is 32.7 Å². The second-order valence-electron chi connectivity index (χ2n) is 6.85. The van der Waals surface area contributed by atoms with Gasteiger partial charge in [0.1, 0.15) is 5.75 Å². The third kappa shape index (κ3) is 4.43. The lowest BCUT2D eigenvalue weighted by Gasteiger charge is -2.25. The van der Waals surface area contributed by atoms with Crippen LogP contribution in [0.5, 0.6) is 5.75 Å². The number of nitrogens with zero attached hydrogens (tertiary/aromatic N) is 1. The molecule has 0 aliphatic heterocycles. The van der Waals surface area contributed by atoms with Crippen LogP contribution in [-0.4, -0.2) is 13.0 Å². The third-order valence-corrected chi connectivity index (χ3v) is 5.54. The monoisotopic (exact) mass is 447 g/mol. The van der Waals surface area contributed by atoms with Crippen molar-refractivity contribution in [2.24, 2.45) is 0 Å². The minimum Gasteiger partial charge on any atom is -0.497 e. The van der Waals surface area contributed by atoms with Crippen molar-refractivity contribution in [3.8, 4) is 16.9 Å². The molecule has 0 unspecified atom stereocenters. The first-order valence-electron chi connectivity index (χ1n) is 9.66. The molecule has 0 aliphatic carbocycles. The molecule has 0 aliphatic rings. The molecule has 0 saturated heterocycles. The molecule has 0 N–H and O–H groups in total. The van der Waals surface area contributed by atoms with E-state index in [1.807, 2.05) is 54.6 Å². The number of ether oxygens (including phenoxy) is 1. The Kier molecular flexibility index (Phi) is 6.26. The number of hydrogen-bond donors (Lipinski definition) is 0. The van der Waals surface area contributed by atoms with Crippen molar-refractivity contribution in [1.29, 1.82) is 0 Å². The lowest BCUT2D eigenvalue weighted by molar-refractivity contribution is 0.0999. The molecule has 31 heavy (non-hydrogen) atoms. The molecule has 0 heterocycles. The van der Waals surface area contributed by atoms with E-state index in [-0.39, 0.29) is 5.91 Å². The van der Waals surface area contributed by atoms with Crippen LogP contribution in [0.15, 0.2) is 97.1 Å². The van der Waals surface area contributed by atoms with E-state index < -0.39 is 0 Å². The average Bonchev–Trinajstić information content (AvgIpc) is 2.82. The van der Waals surface area contributed by atoms with Crippen LogP contribution in [0.1, 0.15) is 10.4 Å². The van der Waals surface area contributed by atoms with Gasteiger partial charge in [0.05, 0.1) is 22.8 Å². The summed E-state index contributed by atoms with van der Waals surface area (Å²) in [5.41, 5.74) is 3.74. The highest BCUT2D eigenvalue weighted by molar-refractivity contribution is 6.40. The zero-order valence-electron chi connectivity index (χ0n) is 16.8. The van der Waals surface area contributed by atoms with Crippen LogP contribution in [-0.2, 0) is 0 Å². The molecule has 0 radical (unpaired) electrons. The zero-order valence-corrected chi connectivity index (χ0v) is 18.3. The maximum atomic E-state index is 13.6. The first-order valence-corrected chi connectivity index (χ1v) is 10.4. The number of methoxy groups -OCH3 is 1. The Balaban J connectivity index is 1.79. The molecule has 0 aromatic heterocycles. The molecular formula is C26H19Cl2NO2. The largest absolute Gasteiger partial charge is 0.497 e. The number of hydrogen-bond acceptors (Lipinski definition) is 2. The molecule has 0 fully saturated rings. The van der Waals surface area contributed by atoms with Crippen LogP contribution >= 0.6 is 23.2 Å². The summed E-state index contributed by atoms with van der Waals surface area (Å²) in [4.78, 5) is 15.1. The van der Waals surface area contributed by atoms with Gasteiger partial charge in [0, 0.05) is 11.3 Å². The summed E-state index contributed by atoms with van der Waals surface area (Å²) in [6, 6.07) is 29.9. The van der Waals surface area contributed by atoms with Gasteiger partial charge in [-0.25, -0.2) is 0 Å². The molecule has 0 atom stereocenters. The summed E-state index contributed by atoms with van der Waals surface area (Å²) in [5.74, 6) is 0.427. The van der Waals surface area contributed by atoms with E-state index in [1.54, 1.807) is 54.5 Å². The summed E-state index contributed by atoms with van der Waals surface area (Å²) >= 11 is 13.0. The quantitative estimate of drug-likeness (QED) is 0.314. The number of anilines is 2. The summed E-state index contributed by atoms with van der Waals surface area (Å²) < 4.78 is 5.20. The highest BCUT2D eigenvalue weighted by Gasteiger charge is 2.24. The molecule has 0 spiro atoms. The summed E-state index contributed by atoms with van der Waals surface area (Å²) in [6.07, 6.45) is 0. The Morgan fingerprint density at radius 2 is 1.29 bits per heavy atom. The van der Waals surface area contributed by atoms with Crippen molar-refractivity contribution in [2.75, 3.05) is 12.0 Å². The van der Waals surface area contributed by atoms with E-state index in [9.17, 15) is 4.79 Å². The van der Waals surface area contributed by atoms with Crippen LogP contribution in [0.3, 0.4) is 0 Å². The zero-order chi connectivity index (χ0) is 21.8. The van der Waals surface area contributed by atoms with Gasteiger partial charge in [-0.1, -0.05) is 71.7 Å². The van der Waals surface area contributed by atoms with E-state index in [4.69, 9.17) is 27.9 Å². The Bertz CT molecular complexity index is 1170. The maximum Gasteiger partial charge on any atom is 0.262 e. The van der Waals surface area contributed by atoms with Gasteiger partial charge in [0.15, 0.2) is 0 Å². The predicted molar refractivity (Wildman–Crippen MR) is 128 cm³/mol. The Morgan fingerprint density at radius 3 is 1.87 bits per heavy atom. The van der Waals surface area contributed by atoms with Gasteiger partial charge in [-0.05, 0) is 59.7 Å². The number of carbonyl (C=O) groups excluding carboxylic acids is 1. The van der Waals surface area contributed by atoms with Crippen LogP contribution in [0.25, 0.3) is 11.1 Å². The van der Waals surface area contributed by atoms with Gasteiger partial charge in [-0.2, -0.15) is 0 Å². The smallest absolute Gasteiger partial charge is 0.262 e. The predicted octanol–water partition coefficient (Wildman–Crippen LogP) is 7.65. The van der Waals surface area contributed by atoms with Gasteiger partial charge in [0.25, 0.3) is 5.91 Å². The maximum absolute atomic E-state index is 13.6. The molecule has 3 nitrogen and oxygen atoms in total. The standard InChI is InChI=1S/C26H19Cl2NO2/c1-31-22-16-12-20(13-17-22)26(30)29(25-23(27)8-5-9-24(25)28)21-14-10-19(11-15-21)18-6-3-2-4-7-18/h2-17H,1H3. The van der Waals surface area contributed by atoms with Crippen LogP contribution < -0.4 is 9.64 Å². The Morgan fingerprint density at radius 1 is 0.710 bits per heavy atom. The van der Waals surface area contributed by atoms with Gasteiger partial charge < -0.3 is 4.74 Å². The molecule has 4 aromatic carbocycles. The van der Waals surface area contributed by atoms with Crippen molar-refractivity contribution < 1.29 is 9.53 Å². The Hall–Kier alpha value is -3.27. The van der Waals surface area contributed by atoms with Gasteiger partial charge in [0.2, 0.25) is 0 Å². The van der Waals surface area contributed by atoms with Gasteiger partial charge >= 0.3 is 0 Å². The fraction of sp³-hybridized carbons (Fsp3) is 0.0385.